The lowest BCUT2D eigenvalue weighted by Gasteiger charge is -2.13. The number of nitrogens with one attached hydrogen (secondary N) is 3. The first-order chi connectivity index (χ1) is 9.56. The van der Waals surface area contributed by atoms with Gasteiger partial charge in [0.15, 0.2) is 5.82 Å². The van der Waals surface area contributed by atoms with Gasteiger partial charge in [-0.3, -0.25) is 9.82 Å². The van der Waals surface area contributed by atoms with Crippen molar-refractivity contribution < 1.29 is 8.42 Å². The van der Waals surface area contributed by atoms with Crippen molar-refractivity contribution >= 4 is 15.8 Å². The third kappa shape index (κ3) is 2.41. The normalized spacial score (nSPS) is 14.8. The highest BCUT2D eigenvalue weighted by Crippen LogP contribution is 2.23. The Labute approximate surface area is 117 Å². The molecule has 0 fully saturated rings. The maximum atomic E-state index is 12.3. The minimum Gasteiger partial charge on any atom is -0.311 e. The second-order valence-electron chi connectivity index (χ2n) is 4.87. The fraction of sp³-hybridized carbons (Fsp3) is 0.308. The molecule has 1 aliphatic heterocycles. The number of rotatable bonds is 3. The van der Waals surface area contributed by atoms with Crippen molar-refractivity contribution in [1.82, 2.24) is 15.5 Å². The summed E-state index contributed by atoms with van der Waals surface area (Å²) in [6.07, 6.45) is 0.761. The highest BCUT2D eigenvalue weighted by molar-refractivity contribution is 7.92. The van der Waals surface area contributed by atoms with E-state index in [0.717, 1.165) is 29.8 Å². The van der Waals surface area contributed by atoms with Gasteiger partial charge in [-0.2, -0.15) is 5.10 Å². The van der Waals surface area contributed by atoms with Crippen LogP contribution in [0.3, 0.4) is 0 Å². The molecule has 0 spiro atoms. The van der Waals surface area contributed by atoms with Gasteiger partial charge >= 0.3 is 0 Å². The van der Waals surface area contributed by atoms with Crippen LogP contribution in [0.25, 0.3) is 0 Å². The van der Waals surface area contributed by atoms with Gasteiger partial charge in [-0.25, -0.2) is 8.42 Å². The monoisotopic (exact) mass is 292 g/mol. The van der Waals surface area contributed by atoms with Crippen LogP contribution in [-0.4, -0.2) is 25.2 Å². The second-order valence-corrected chi connectivity index (χ2v) is 6.56. The average Bonchev–Trinajstić information content (AvgIpc) is 2.82. The molecule has 0 unspecified atom stereocenters. The smallest absolute Gasteiger partial charge is 0.263 e. The summed E-state index contributed by atoms with van der Waals surface area (Å²) in [6, 6.07) is 6.74. The summed E-state index contributed by atoms with van der Waals surface area (Å²) in [6.45, 7) is 3.43. The summed E-state index contributed by atoms with van der Waals surface area (Å²) in [5.74, 6) is 0.405. The van der Waals surface area contributed by atoms with Gasteiger partial charge in [0.25, 0.3) is 10.0 Å². The lowest BCUT2D eigenvalue weighted by Crippen LogP contribution is -2.24. The summed E-state index contributed by atoms with van der Waals surface area (Å²) < 4.78 is 27.2. The molecule has 0 saturated carbocycles. The number of nitrogens with zero attached hydrogens (tertiary/aromatic N) is 1. The third-order valence-electron chi connectivity index (χ3n) is 3.37. The van der Waals surface area contributed by atoms with Gasteiger partial charge in [-0.05, 0) is 32.0 Å². The van der Waals surface area contributed by atoms with E-state index in [4.69, 9.17) is 0 Å². The number of hydrogen-bond donors (Lipinski definition) is 3. The molecule has 3 rings (SSSR count). The number of anilines is 1. The van der Waals surface area contributed by atoms with Crippen LogP contribution in [0.4, 0.5) is 5.82 Å². The van der Waals surface area contributed by atoms with Crippen molar-refractivity contribution in [2.45, 2.75) is 24.8 Å². The molecule has 0 aliphatic carbocycles. The average molecular weight is 292 g/mol. The van der Waals surface area contributed by atoms with Crippen LogP contribution in [0.5, 0.6) is 0 Å². The van der Waals surface area contributed by atoms with Crippen LogP contribution in [0.2, 0.25) is 0 Å². The van der Waals surface area contributed by atoms with E-state index in [1.807, 2.05) is 6.92 Å². The highest BCUT2D eigenvalue weighted by Gasteiger charge is 2.21. The van der Waals surface area contributed by atoms with E-state index in [0.29, 0.717) is 12.4 Å². The Morgan fingerprint density at radius 1 is 1.25 bits per heavy atom. The molecule has 2 aromatic rings. The molecule has 3 N–H and O–H groups in total. The van der Waals surface area contributed by atoms with Gasteiger partial charge in [0, 0.05) is 12.1 Å². The Balaban J connectivity index is 1.90. The van der Waals surface area contributed by atoms with Crippen molar-refractivity contribution in [3.05, 3.63) is 41.1 Å². The predicted octanol–water partition coefficient (Wildman–Crippen LogP) is 1.16. The maximum absolute atomic E-state index is 12.3. The van der Waals surface area contributed by atoms with Crippen LogP contribution >= 0.6 is 0 Å². The summed E-state index contributed by atoms with van der Waals surface area (Å²) in [5.41, 5.74) is 2.91. The lowest BCUT2D eigenvalue weighted by atomic mass is 10.1. The van der Waals surface area contributed by atoms with Crippen molar-refractivity contribution in [2.24, 2.45) is 0 Å². The minimum atomic E-state index is -3.59. The topological polar surface area (TPSA) is 86.9 Å². The molecule has 1 aromatic heterocycles. The summed E-state index contributed by atoms with van der Waals surface area (Å²) >= 11 is 0. The van der Waals surface area contributed by atoms with Gasteiger partial charge in [-0.15, -0.1) is 0 Å². The molecule has 0 bridgehead atoms. The molecular weight excluding hydrogens is 276 g/mol. The van der Waals surface area contributed by atoms with E-state index >= 15 is 0 Å². The van der Waals surface area contributed by atoms with E-state index < -0.39 is 10.0 Å². The number of aromatic amines is 1. The van der Waals surface area contributed by atoms with Crippen molar-refractivity contribution in [3.63, 3.8) is 0 Å². The standard InChI is InChI=1S/C13H16N4O2S/c1-9-2-4-10(5-3-9)20(18,19)17-13-11-6-7-14-8-12(11)15-16-13/h2-5,14H,6-8H2,1H3,(H2,15,16,17). The van der Waals surface area contributed by atoms with E-state index in [-0.39, 0.29) is 4.90 Å². The molecule has 1 aromatic carbocycles. The molecular formula is C13H16N4O2S. The number of benzene rings is 1. The number of H-pyrrole nitrogens is 1. The minimum absolute atomic E-state index is 0.244. The molecule has 106 valence electrons. The second kappa shape index (κ2) is 4.92. The van der Waals surface area contributed by atoms with Gasteiger partial charge in [0.2, 0.25) is 0 Å². The fourth-order valence-corrected chi connectivity index (χ4v) is 3.27. The Bertz CT molecular complexity index is 719. The molecule has 0 atom stereocenters. The Morgan fingerprint density at radius 3 is 2.75 bits per heavy atom. The van der Waals surface area contributed by atoms with Gasteiger partial charge in [0.05, 0.1) is 10.6 Å². The summed E-state index contributed by atoms with van der Waals surface area (Å²) in [5, 5.41) is 10.1. The van der Waals surface area contributed by atoms with Crippen LogP contribution in [0, 0.1) is 6.92 Å². The van der Waals surface area contributed by atoms with Gasteiger partial charge in [0.1, 0.15) is 0 Å². The summed E-state index contributed by atoms with van der Waals surface area (Å²) in [4.78, 5) is 0.244. The van der Waals surface area contributed by atoms with Crippen LogP contribution in [0.1, 0.15) is 16.8 Å². The number of fused-ring (bicyclic) bond motifs is 1. The first-order valence-corrected chi connectivity index (χ1v) is 7.91. The zero-order chi connectivity index (χ0) is 14.2. The van der Waals surface area contributed by atoms with Crippen molar-refractivity contribution in [1.29, 1.82) is 0 Å². The lowest BCUT2D eigenvalue weighted by molar-refractivity contribution is 0.600. The Hall–Kier alpha value is -1.86. The molecule has 0 saturated heterocycles. The molecule has 6 nitrogen and oxygen atoms in total. The molecule has 2 heterocycles. The van der Waals surface area contributed by atoms with E-state index in [9.17, 15) is 8.42 Å². The SMILES string of the molecule is Cc1ccc(S(=O)(=O)Nc2n[nH]c3c2CCNC3)cc1. The quantitative estimate of drug-likeness (QED) is 0.792. The third-order valence-corrected chi connectivity index (χ3v) is 4.72. The van der Waals surface area contributed by atoms with E-state index in [2.05, 4.69) is 20.2 Å². The van der Waals surface area contributed by atoms with E-state index in [1.54, 1.807) is 24.3 Å². The number of aromatic nitrogens is 2. The van der Waals surface area contributed by atoms with Crippen molar-refractivity contribution in [3.8, 4) is 0 Å². The first kappa shape index (κ1) is 13.1. The largest absolute Gasteiger partial charge is 0.311 e. The zero-order valence-corrected chi connectivity index (χ0v) is 11.9. The van der Waals surface area contributed by atoms with E-state index in [1.165, 1.54) is 0 Å². The molecule has 7 heteroatoms. The van der Waals surface area contributed by atoms with Crippen molar-refractivity contribution in [2.75, 3.05) is 11.3 Å². The van der Waals surface area contributed by atoms with Crippen LogP contribution < -0.4 is 10.0 Å². The van der Waals surface area contributed by atoms with Crippen LogP contribution in [0.15, 0.2) is 29.2 Å². The Morgan fingerprint density at radius 2 is 2.00 bits per heavy atom. The predicted molar refractivity (Wildman–Crippen MR) is 76.0 cm³/mol. The number of aryl methyl sites for hydroxylation is 1. The zero-order valence-electron chi connectivity index (χ0n) is 11.1. The number of hydrogen-bond acceptors (Lipinski definition) is 4. The summed E-state index contributed by atoms with van der Waals surface area (Å²) in [7, 11) is -3.59. The maximum Gasteiger partial charge on any atom is 0.263 e. The first-order valence-electron chi connectivity index (χ1n) is 6.42. The highest BCUT2D eigenvalue weighted by atomic mass is 32.2. The molecule has 20 heavy (non-hydrogen) atoms. The fourth-order valence-electron chi connectivity index (χ4n) is 2.23. The van der Waals surface area contributed by atoms with Gasteiger partial charge < -0.3 is 5.32 Å². The molecule has 0 amide bonds. The Kier molecular flexibility index (Phi) is 3.23. The van der Waals surface area contributed by atoms with Crippen LogP contribution in [-0.2, 0) is 23.0 Å². The molecule has 0 radical (unpaired) electrons. The number of sulfonamides is 1. The molecule has 1 aliphatic rings. The van der Waals surface area contributed by atoms with Gasteiger partial charge in [-0.1, -0.05) is 17.7 Å².